The van der Waals surface area contributed by atoms with E-state index in [9.17, 15) is 28.0 Å². The van der Waals surface area contributed by atoms with E-state index in [0.29, 0.717) is 52.9 Å². The number of aromatic nitrogens is 2. The zero-order chi connectivity index (χ0) is 40.9. The maximum Gasteiger partial charge on any atom is 0.265 e. The summed E-state index contributed by atoms with van der Waals surface area (Å²) in [5.41, 5.74) is 0.894. The van der Waals surface area contributed by atoms with Crippen LogP contribution in [0, 0.1) is 5.92 Å². The number of ether oxygens (including phenoxy) is 2. The number of allylic oxidation sites excluding steroid dienone is 2. The molecule has 4 aliphatic rings. The first-order valence-corrected chi connectivity index (χ1v) is 20.3. The monoisotopic (exact) mass is 807 g/mol. The van der Waals surface area contributed by atoms with Crippen LogP contribution in [-0.2, 0) is 23.9 Å². The van der Waals surface area contributed by atoms with Crippen molar-refractivity contribution >= 4 is 40.1 Å². The van der Waals surface area contributed by atoms with Gasteiger partial charge in [-0.05, 0) is 57.1 Å². The third-order valence-electron chi connectivity index (χ3n) is 11.6. The van der Waals surface area contributed by atoms with Crippen molar-refractivity contribution in [2.24, 2.45) is 5.92 Å². The van der Waals surface area contributed by atoms with Gasteiger partial charge >= 0.3 is 0 Å². The summed E-state index contributed by atoms with van der Waals surface area (Å²) in [4.78, 5) is 67.9. The Bertz CT molecular complexity index is 1920. The molecule has 2 aromatic rings. The molecule has 5 heterocycles. The molecule has 3 amide bonds. The lowest BCUT2D eigenvalue weighted by Crippen LogP contribution is -2.57. The van der Waals surface area contributed by atoms with E-state index in [1.54, 1.807) is 25.4 Å². The molecule has 6 rings (SSSR count). The first-order valence-electron chi connectivity index (χ1n) is 19.9. The maximum absolute atomic E-state index is 14.8. The minimum absolute atomic E-state index is 0.0122. The highest BCUT2D eigenvalue weighted by atomic mass is 35.5. The normalized spacial score (nSPS) is 27.6. The molecular weight excluding hydrogens is 756 g/mol. The minimum atomic E-state index is -2.99. The lowest BCUT2D eigenvalue weighted by atomic mass is 9.88. The molecule has 11 nitrogen and oxygen atoms in total. The summed E-state index contributed by atoms with van der Waals surface area (Å²) >= 11 is 6.88. The fraction of sp³-hybridized carbons (Fsp3) is 0.535. The van der Waals surface area contributed by atoms with Crippen LogP contribution in [0.15, 0.2) is 61.0 Å². The van der Waals surface area contributed by atoms with Crippen molar-refractivity contribution in [3.05, 3.63) is 72.3 Å². The SMILES string of the molecule is C=C[C@]1(C(C)=O)C/C=C\CCCCC[C@H](CC(=O)N2CCCC(F)(F)C2)C(=O)N2C[C@H](Oc3cc(-c4ccccn4)nc4c3C(C)CC(OC)=C4Cl)C[C@H]2C(=O)N1. The van der Waals surface area contributed by atoms with Crippen molar-refractivity contribution < 1.29 is 37.4 Å². The Labute approximate surface area is 337 Å². The van der Waals surface area contributed by atoms with Gasteiger partial charge in [0, 0.05) is 56.0 Å². The maximum atomic E-state index is 14.8. The number of Topliss-reactive ketones (excluding diaryl/α,β-unsaturated/α-hetero) is 1. The number of amides is 3. The summed E-state index contributed by atoms with van der Waals surface area (Å²) in [5.74, 6) is -4.75. The molecule has 3 aliphatic heterocycles. The van der Waals surface area contributed by atoms with E-state index in [4.69, 9.17) is 26.1 Å². The molecule has 0 saturated carbocycles. The second kappa shape index (κ2) is 17.9. The molecular formula is C43H52ClF2N5O6. The van der Waals surface area contributed by atoms with Crippen molar-refractivity contribution in [1.82, 2.24) is 25.1 Å². The van der Waals surface area contributed by atoms with Crippen LogP contribution in [0.4, 0.5) is 8.78 Å². The Morgan fingerprint density at radius 2 is 1.95 bits per heavy atom. The number of halogens is 3. The summed E-state index contributed by atoms with van der Waals surface area (Å²) in [6, 6.07) is 6.16. The zero-order valence-electron chi connectivity index (χ0n) is 32.9. The first kappa shape index (κ1) is 42.0. The molecule has 306 valence electrons. The largest absolute Gasteiger partial charge is 0.499 e. The Balaban J connectivity index is 1.37. The molecule has 1 unspecified atom stereocenters. The third kappa shape index (κ3) is 9.40. The van der Waals surface area contributed by atoms with Crippen LogP contribution in [0.5, 0.6) is 5.75 Å². The number of rotatable bonds is 8. The van der Waals surface area contributed by atoms with Gasteiger partial charge in [0.2, 0.25) is 17.7 Å². The molecule has 2 fully saturated rings. The standard InChI is InChI=1S/C43H52ClF2N5O6/c1-5-42(28(3)52)17-12-9-7-6-8-10-15-29(22-36(53)50-20-14-18-43(45,46)26-50)41(55)51-25-30(23-33(51)40(54)49-42)57-34-24-32(31-16-11-13-19-47-31)48-39-37(34)27(2)21-35(56-4)38(39)44/h5,9,11-13,16,19,24,27,29-30,33H,1,6-8,10,14-15,17-18,20-23,25-26H2,2-4H3,(H,49,54)/b12-9-/t27?,29-,30-,33+,42-/m1/s1. The van der Waals surface area contributed by atoms with E-state index in [1.165, 1.54) is 17.9 Å². The van der Waals surface area contributed by atoms with Crippen LogP contribution in [0.2, 0.25) is 0 Å². The predicted octanol–water partition coefficient (Wildman–Crippen LogP) is 7.36. The zero-order valence-corrected chi connectivity index (χ0v) is 33.7. The molecule has 14 heteroatoms. The fourth-order valence-electron chi connectivity index (χ4n) is 8.39. The number of alkyl halides is 2. The van der Waals surface area contributed by atoms with E-state index in [1.807, 2.05) is 31.2 Å². The molecule has 0 aromatic carbocycles. The number of carbonyl (C=O) groups is 4. The molecule has 0 radical (unpaired) electrons. The highest BCUT2D eigenvalue weighted by Gasteiger charge is 2.46. The van der Waals surface area contributed by atoms with Crippen molar-refractivity contribution in [2.45, 2.75) is 114 Å². The highest BCUT2D eigenvalue weighted by molar-refractivity contribution is 6.49. The van der Waals surface area contributed by atoms with Gasteiger partial charge < -0.3 is 24.6 Å². The summed E-state index contributed by atoms with van der Waals surface area (Å²) in [6.45, 7) is 6.80. The molecule has 0 spiro atoms. The van der Waals surface area contributed by atoms with Crippen LogP contribution in [0.25, 0.3) is 16.4 Å². The fourth-order valence-corrected chi connectivity index (χ4v) is 8.69. The number of likely N-dealkylation sites (tertiary alicyclic amines) is 1. The molecule has 57 heavy (non-hydrogen) atoms. The van der Waals surface area contributed by atoms with Gasteiger partial charge in [-0.25, -0.2) is 13.8 Å². The lowest BCUT2D eigenvalue weighted by molar-refractivity contribution is -0.148. The van der Waals surface area contributed by atoms with Gasteiger partial charge in [0.1, 0.15) is 34.2 Å². The van der Waals surface area contributed by atoms with E-state index in [2.05, 4.69) is 16.9 Å². The number of nitrogens with zero attached hydrogens (tertiary/aromatic N) is 4. The highest BCUT2D eigenvalue weighted by Crippen LogP contribution is 2.46. The number of hydrogen-bond donors (Lipinski definition) is 1. The van der Waals surface area contributed by atoms with Gasteiger partial charge in [-0.1, -0.05) is 55.7 Å². The average Bonchev–Trinajstić information content (AvgIpc) is 3.62. The van der Waals surface area contributed by atoms with Gasteiger partial charge in [0.15, 0.2) is 5.78 Å². The number of methoxy groups -OCH3 is 1. The van der Waals surface area contributed by atoms with Gasteiger partial charge in [-0.3, -0.25) is 24.2 Å². The van der Waals surface area contributed by atoms with Crippen LogP contribution >= 0.6 is 11.6 Å². The second-order valence-electron chi connectivity index (χ2n) is 15.7. The first-order chi connectivity index (χ1) is 27.3. The molecule has 2 aromatic heterocycles. The van der Waals surface area contributed by atoms with E-state index in [-0.39, 0.29) is 56.9 Å². The quantitative estimate of drug-likeness (QED) is 0.274. The Kier molecular flexibility index (Phi) is 13.2. The summed E-state index contributed by atoms with van der Waals surface area (Å²) in [6.07, 6.45) is 9.83. The molecule has 5 atom stereocenters. The Morgan fingerprint density at radius 1 is 1.14 bits per heavy atom. The van der Waals surface area contributed by atoms with Crippen LogP contribution in [0.1, 0.15) is 102 Å². The number of pyridine rings is 2. The number of hydrogen-bond acceptors (Lipinski definition) is 8. The topological polar surface area (TPSA) is 131 Å². The predicted molar refractivity (Wildman–Crippen MR) is 212 cm³/mol. The van der Waals surface area contributed by atoms with Gasteiger partial charge in [0.05, 0.1) is 37.3 Å². The van der Waals surface area contributed by atoms with Gasteiger partial charge in [-0.15, -0.1) is 6.58 Å². The Hall–Kier alpha value is -4.65. The number of piperidine rings is 1. The number of carbonyl (C=O) groups excluding carboxylic acids is 4. The minimum Gasteiger partial charge on any atom is -0.499 e. The molecule has 0 bridgehead atoms. The summed E-state index contributed by atoms with van der Waals surface area (Å²) < 4.78 is 41.2. The van der Waals surface area contributed by atoms with Crippen LogP contribution < -0.4 is 10.1 Å². The number of fused-ring (bicyclic) bond motifs is 2. The van der Waals surface area contributed by atoms with Crippen molar-refractivity contribution in [2.75, 3.05) is 26.7 Å². The van der Waals surface area contributed by atoms with Gasteiger partial charge in [0.25, 0.3) is 5.92 Å². The van der Waals surface area contributed by atoms with Crippen molar-refractivity contribution in [3.63, 3.8) is 0 Å². The van der Waals surface area contributed by atoms with Crippen LogP contribution in [0.3, 0.4) is 0 Å². The Morgan fingerprint density at radius 3 is 2.65 bits per heavy atom. The summed E-state index contributed by atoms with van der Waals surface area (Å²) in [5, 5.41) is 3.27. The molecule has 1 N–H and O–H groups in total. The second-order valence-corrected chi connectivity index (χ2v) is 16.1. The van der Waals surface area contributed by atoms with E-state index in [0.717, 1.165) is 29.7 Å². The average molecular weight is 808 g/mol. The number of nitrogens with one attached hydrogen (secondary N) is 1. The van der Waals surface area contributed by atoms with E-state index < -0.39 is 53.8 Å². The third-order valence-corrected chi connectivity index (χ3v) is 12.0. The summed E-state index contributed by atoms with van der Waals surface area (Å²) in [7, 11) is 1.56. The van der Waals surface area contributed by atoms with Crippen LogP contribution in [-0.4, -0.2) is 93.6 Å². The van der Waals surface area contributed by atoms with Crippen molar-refractivity contribution in [3.8, 4) is 17.1 Å². The van der Waals surface area contributed by atoms with Crippen molar-refractivity contribution in [1.29, 1.82) is 0 Å². The van der Waals surface area contributed by atoms with Gasteiger partial charge in [-0.2, -0.15) is 0 Å². The van der Waals surface area contributed by atoms with E-state index >= 15 is 0 Å². The molecule has 1 aliphatic carbocycles. The lowest BCUT2D eigenvalue weighted by Gasteiger charge is -2.35. The number of ketones is 1. The molecule has 2 saturated heterocycles. The smallest absolute Gasteiger partial charge is 0.265 e.